The lowest BCUT2D eigenvalue weighted by molar-refractivity contribution is -0.462. The summed E-state index contributed by atoms with van der Waals surface area (Å²) in [6.07, 6.45) is 1.92. The molecule has 0 bridgehead atoms. The van der Waals surface area contributed by atoms with Crippen molar-refractivity contribution >= 4 is 17.8 Å². The van der Waals surface area contributed by atoms with E-state index in [-0.39, 0.29) is 5.91 Å². The maximum atomic E-state index is 12.3. The van der Waals surface area contributed by atoms with Gasteiger partial charge >= 0.3 is 6.03 Å². The number of ether oxygens (including phenoxy) is 2. The number of rotatable bonds is 7. The van der Waals surface area contributed by atoms with Gasteiger partial charge in [0.15, 0.2) is 11.5 Å². The molecule has 0 spiro atoms. The molecule has 3 amide bonds. The molecule has 1 saturated heterocycles. The Bertz CT molecular complexity index is 681. The van der Waals surface area contributed by atoms with Crippen molar-refractivity contribution in [3.05, 3.63) is 23.8 Å². The van der Waals surface area contributed by atoms with E-state index >= 15 is 0 Å². The number of nitrogens with one attached hydrogen (secondary N) is 3. The molecule has 1 aromatic rings. The van der Waals surface area contributed by atoms with Crippen LogP contribution in [0.5, 0.6) is 11.5 Å². The molecule has 7 heteroatoms. The van der Waals surface area contributed by atoms with Crippen LogP contribution >= 0.6 is 0 Å². The minimum Gasteiger partial charge on any atom is -0.493 e. The summed E-state index contributed by atoms with van der Waals surface area (Å²) >= 11 is 0. The highest BCUT2D eigenvalue weighted by Gasteiger charge is 2.50. The first kappa shape index (κ1) is 18.8. The summed E-state index contributed by atoms with van der Waals surface area (Å²) in [4.78, 5) is 27.2. The van der Waals surface area contributed by atoms with Gasteiger partial charge in [-0.25, -0.2) is 4.79 Å². The highest BCUT2D eigenvalue weighted by molar-refractivity contribution is 6.19. The average Bonchev–Trinajstić information content (AvgIpc) is 2.62. The molecule has 1 fully saturated rings. The summed E-state index contributed by atoms with van der Waals surface area (Å²) in [5, 5.41) is 5.11. The van der Waals surface area contributed by atoms with Crippen molar-refractivity contribution in [2.75, 3.05) is 20.8 Å². The van der Waals surface area contributed by atoms with Gasteiger partial charge in [-0.1, -0.05) is 19.9 Å². The third kappa shape index (κ3) is 3.75. The van der Waals surface area contributed by atoms with E-state index in [0.717, 1.165) is 5.56 Å². The maximum absolute atomic E-state index is 12.3. The van der Waals surface area contributed by atoms with Crippen molar-refractivity contribution in [3.8, 4) is 11.5 Å². The topological polar surface area (TPSA) is 90.6 Å². The molecule has 1 heterocycles. The van der Waals surface area contributed by atoms with Gasteiger partial charge in [-0.15, -0.1) is 0 Å². The second kappa shape index (κ2) is 8.00. The number of imide groups is 1. The number of hydrogen-bond donors (Lipinski definition) is 3. The van der Waals surface area contributed by atoms with E-state index in [9.17, 15) is 9.59 Å². The Balaban J connectivity index is 2.16. The standard InChI is InChI=1S/C18H25N3O4/c1-5-18(6-2)15(20-17(23)21-16(18)22)19-10-9-12-7-8-13(24-3)14(11-12)25-4/h7-8,11H,5-6,9-10H2,1-4H3,(H2,19,20,21,22,23)/p+1. The van der Waals surface area contributed by atoms with E-state index in [0.29, 0.717) is 43.1 Å². The van der Waals surface area contributed by atoms with E-state index in [1.165, 1.54) is 0 Å². The first-order chi connectivity index (χ1) is 12.0. The fourth-order valence-electron chi connectivity index (χ4n) is 3.11. The van der Waals surface area contributed by atoms with Gasteiger partial charge in [-0.2, -0.15) is 5.32 Å². The Morgan fingerprint density at radius 1 is 1.04 bits per heavy atom. The lowest BCUT2D eigenvalue weighted by Gasteiger charge is -2.30. The predicted octanol–water partition coefficient (Wildman–Crippen LogP) is 0.371. The van der Waals surface area contributed by atoms with Crippen LogP contribution in [-0.4, -0.2) is 38.5 Å². The fraction of sp³-hybridized carbons (Fsp3) is 0.500. The third-order valence-electron chi connectivity index (χ3n) is 4.75. The number of urea groups is 1. The molecule has 0 radical (unpaired) electrons. The van der Waals surface area contributed by atoms with Crippen molar-refractivity contribution in [1.29, 1.82) is 0 Å². The van der Waals surface area contributed by atoms with E-state index in [4.69, 9.17) is 9.47 Å². The van der Waals surface area contributed by atoms with E-state index in [2.05, 4.69) is 15.6 Å². The van der Waals surface area contributed by atoms with Crippen LogP contribution < -0.4 is 25.1 Å². The molecule has 0 unspecified atom stereocenters. The molecular weight excluding hydrogens is 322 g/mol. The van der Waals surface area contributed by atoms with Crippen LogP contribution in [-0.2, 0) is 11.2 Å². The largest absolute Gasteiger partial charge is 0.493 e. The van der Waals surface area contributed by atoms with Crippen LogP contribution in [0.3, 0.4) is 0 Å². The van der Waals surface area contributed by atoms with Gasteiger partial charge in [-0.05, 0) is 30.5 Å². The average molecular weight is 348 g/mol. The Kier molecular flexibility index (Phi) is 6.01. The summed E-state index contributed by atoms with van der Waals surface area (Å²) in [6, 6.07) is 5.26. The highest BCUT2D eigenvalue weighted by atomic mass is 16.5. The number of carbonyl (C=O) groups excluding carboxylic acids is 2. The normalized spacial score (nSPS) is 17.8. The molecule has 0 aliphatic carbocycles. The van der Waals surface area contributed by atoms with Gasteiger partial charge in [0.05, 0.1) is 20.8 Å². The molecule has 0 atom stereocenters. The molecule has 0 saturated carbocycles. The molecule has 0 aromatic heterocycles. The van der Waals surface area contributed by atoms with E-state index < -0.39 is 11.4 Å². The van der Waals surface area contributed by atoms with Crippen molar-refractivity contribution in [2.45, 2.75) is 33.1 Å². The number of methoxy groups -OCH3 is 2. The molecule has 1 aliphatic rings. The number of amidine groups is 1. The molecule has 2 rings (SSSR count). The van der Waals surface area contributed by atoms with Gasteiger partial charge < -0.3 is 9.47 Å². The number of carbonyl (C=O) groups is 2. The first-order valence-electron chi connectivity index (χ1n) is 8.45. The monoisotopic (exact) mass is 348 g/mol. The summed E-state index contributed by atoms with van der Waals surface area (Å²) in [5.74, 6) is 1.68. The Morgan fingerprint density at radius 2 is 1.72 bits per heavy atom. The SMILES string of the molecule is CCC1(CC)C(=O)NC(=O)NC1=[NH+]CCc1ccc(OC)c(OC)c1. The Labute approximate surface area is 147 Å². The van der Waals surface area contributed by atoms with E-state index in [1.54, 1.807) is 14.2 Å². The number of hydrogen-bond acceptors (Lipinski definition) is 4. The number of amides is 3. The van der Waals surface area contributed by atoms with Crippen molar-refractivity contribution < 1.29 is 24.1 Å². The molecule has 1 aromatic carbocycles. The number of benzene rings is 1. The summed E-state index contributed by atoms with van der Waals surface area (Å²) in [6.45, 7) is 4.47. The van der Waals surface area contributed by atoms with Crippen LogP contribution in [0.15, 0.2) is 18.2 Å². The zero-order chi connectivity index (χ0) is 18.4. The van der Waals surface area contributed by atoms with Gasteiger partial charge in [0.1, 0.15) is 5.41 Å². The van der Waals surface area contributed by atoms with Crippen molar-refractivity contribution in [1.82, 2.24) is 10.6 Å². The second-order valence-electron chi connectivity index (χ2n) is 5.94. The minimum absolute atomic E-state index is 0.255. The smallest absolute Gasteiger partial charge is 0.413 e. The molecule has 136 valence electrons. The van der Waals surface area contributed by atoms with Crippen LogP contribution in [0.2, 0.25) is 0 Å². The summed E-state index contributed by atoms with van der Waals surface area (Å²) in [5.41, 5.74) is 0.349. The van der Waals surface area contributed by atoms with Gasteiger partial charge in [0.2, 0.25) is 5.91 Å². The molecule has 3 N–H and O–H groups in total. The first-order valence-corrected chi connectivity index (χ1v) is 8.45. The van der Waals surface area contributed by atoms with Gasteiger partial charge in [0, 0.05) is 6.42 Å². The second-order valence-corrected chi connectivity index (χ2v) is 5.94. The molecule has 1 aliphatic heterocycles. The van der Waals surface area contributed by atoms with Crippen LogP contribution in [0.25, 0.3) is 0 Å². The zero-order valence-electron chi connectivity index (χ0n) is 15.2. The van der Waals surface area contributed by atoms with Crippen LogP contribution in [0.4, 0.5) is 4.79 Å². The highest BCUT2D eigenvalue weighted by Crippen LogP contribution is 2.28. The molecule has 7 nitrogen and oxygen atoms in total. The summed E-state index contributed by atoms with van der Waals surface area (Å²) in [7, 11) is 3.20. The predicted molar refractivity (Wildman–Crippen MR) is 93.8 cm³/mol. The molecular formula is C18H26N3O4+. The third-order valence-corrected chi connectivity index (χ3v) is 4.75. The zero-order valence-corrected chi connectivity index (χ0v) is 15.2. The quantitative estimate of drug-likeness (QED) is 0.664. The lowest BCUT2D eigenvalue weighted by atomic mass is 9.78. The Morgan fingerprint density at radius 3 is 2.32 bits per heavy atom. The maximum Gasteiger partial charge on any atom is 0.413 e. The van der Waals surface area contributed by atoms with E-state index in [1.807, 2.05) is 32.0 Å². The van der Waals surface area contributed by atoms with Gasteiger partial charge in [0.25, 0.3) is 5.84 Å². The van der Waals surface area contributed by atoms with Crippen molar-refractivity contribution in [3.63, 3.8) is 0 Å². The summed E-state index contributed by atoms with van der Waals surface area (Å²) < 4.78 is 10.5. The van der Waals surface area contributed by atoms with Gasteiger partial charge in [-0.3, -0.25) is 15.1 Å². The lowest BCUT2D eigenvalue weighted by Crippen LogP contribution is -2.84. The Hall–Kier alpha value is -2.57. The van der Waals surface area contributed by atoms with Crippen molar-refractivity contribution in [2.24, 2.45) is 5.41 Å². The fourth-order valence-corrected chi connectivity index (χ4v) is 3.11. The minimum atomic E-state index is -0.717. The molecule has 25 heavy (non-hydrogen) atoms. The van der Waals surface area contributed by atoms with Crippen LogP contribution in [0, 0.1) is 5.41 Å². The van der Waals surface area contributed by atoms with Crippen LogP contribution in [0.1, 0.15) is 32.3 Å².